The summed E-state index contributed by atoms with van der Waals surface area (Å²) in [5.41, 5.74) is 15.2. The van der Waals surface area contributed by atoms with E-state index in [1.807, 2.05) is 0 Å². The lowest BCUT2D eigenvalue weighted by Gasteiger charge is -2.45. The van der Waals surface area contributed by atoms with E-state index in [1.54, 1.807) is 0 Å². The summed E-state index contributed by atoms with van der Waals surface area (Å²) < 4.78 is 12.3. The summed E-state index contributed by atoms with van der Waals surface area (Å²) in [6.45, 7) is 21.1. The monoisotopic (exact) mass is 714 g/mol. The van der Waals surface area contributed by atoms with Crippen LogP contribution in [0.25, 0.3) is 0 Å². The third-order valence-corrected chi connectivity index (χ3v) is 10.5. The van der Waals surface area contributed by atoms with Crippen LogP contribution in [-0.2, 0) is 13.1 Å². The summed E-state index contributed by atoms with van der Waals surface area (Å²) in [5, 5.41) is 18.9. The van der Waals surface area contributed by atoms with Gasteiger partial charge in [0.1, 0.15) is 11.5 Å². The molecule has 8 nitrogen and oxygen atoms in total. The highest BCUT2D eigenvalue weighted by molar-refractivity contribution is 5.74. The lowest BCUT2D eigenvalue weighted by molar-refractivity contribution is 0.301. The minimum absolute atomic E-state index is 0.755. The average Bonchev–Trinajstić information content (AvgIpc) is 3.12. The minimum atomic E-state index is 0.755. The maximum atomic E-state index is 6.15. The average molecular weight is 715 g/mol. The van der Waals surface area contributed by atoms with Gasteiger partial charge in [0.05, 0.1) is 42.6 Å². The van der Waals surface area contributed by atoms with Crippen LogP contribution < -0.4 is 19.3 Å². The second-order valence-electron chi connectivity index (χ2n) is 15.1. The zero-order chi connectivity index (χ0) is 37.5. The van der Waals surface area contributed by atoms with Crippen molar-refractivity contribution < 1.29 is 9.47 Å². The standard InChI is InChI=1S/C45H58N6O2/c1-9-11-13-15-17-52-44-32(5)21-38(22-33(44)6)46-48-40-25-42-36(19-30(40)3)27-51-29-50(42)28-37-20-31(4)41(26-43(37)51)49-47-39-23-34(7)45(35(8)24-39)53-18-16-14-12-10-2/h19-26H,9-18,27-29H2,1-8H3. The molecule has 0 unspecified atom stereocenters. The first-order chi connectivity index (χ1) is 25.6. The summed E-state index contributed by atoms with van der Waals surface area (Å²) >= 11 is 0. The van der Waals surface area contributed by atoms with E-state index in [-0.39, 0.29) is 0 Å². The Hall–Kier alpha value is -4.72. The van der Waals surface area contributed by atoms with Crippen molar-refractivity contribution in [3.8, 4) is 11.5 Å². The van der Waals surface area contributed by atoms with E-state index in [2.05, 4.69) is 114 Å². The highest BCUT2D eigenvalue weighted by Crippen LogP contribution is 2.43. The fraction of sp³-hybridized carbons (Fsp3) is 0.467. The van der Waals surface area contributed by atoms with Crippen LogP contribution in [0.5, 0.6) is 11.5 Å². The minimum Gasteiger partial charge on any atom is -0.493 e. The predicted octanol–water partition coefficient (Wildman–Crippen LogP) is 13.6. The molecule has 2 aliphatic heterocycles. The normalized spacial score (nSPS) is 13.6. The van der Waals surface area contributed by atoms with Crippen LogP contribution in [0.15, 0.2) is 69.0 Å². The molecule has 8 heteroatoms. The van der Waals surface area contributed by atoms with E-state index in [0.29, 0.717) is 0 Å². The summed E-state index contributed by atoms with van der Waals surface area (Å²) in [6.07, 6.45) is 9.57. The van der Waals surface area contributed by atoms with Crippen molar-refractivity contribution >= 4 is 34.1 Å². The lowest BCUT2D eigenvalue weighted by Crippen LogP contribution is -2.46. The van der Waals surface area contributed by atoms with Gasteiger partial charge in [-0.1, -0.05) is 64.5 Å². The van der Waals surface area contributed by atoms with E-state index in [1.165, 1.54) is 61.0 Å². The van der Waals surface area contributed by atoms with Gasteiger partial charge in [0, 0.05) is 24.5 Å². The highest BCUT2D eigenvalue weighted by atomic mass is 16.5. The first-order valence-electron chi connectivity index (χ1n) is 19.7. The number of unbranched alkanes of at least 4 members (excludes halogenated alkanes) is 6. The molecule has 2 bridgehead atoms. The van der Waals surface area contributed by atoms with Gasteiger partial charge < -0.3 is 19.3 Å². The molecule has 0 fully saturated rings. The molecular weight excluding hydrogens is 657 g/mol. The Balaban J connectivity index is 1.14. The number of anilines is 2. The van der Waals surface area contributed by atoms with Crippen molar-refractivity contribution in [1.29, 1.82) is 0 Å². The van der Waals surface area contributed by atoms with E-state index < -0.39 is 0 Å². The van der Waals surface area contributed by atoms with Crippen molar-refractivity contribution in [2.24, 2.45) is 20.5 Å². The topological polar surface area (TPSA) is 74.4 Å². The van der Waals surface area contributed by atoms with E-state index >= 15 is 0 Å². The summed E-state index contributed by atoms with van der Waals surface area (Å²) in [4.78, 5) is 4.89. The summed E-state index contributed by atoms with van der Waals surface area (Å²) in [7, 11) is 0. The Labute approximate surface area is 317 Å². The van der Waals surface area contributed by atoms with Gasteiger partial charge in [-0.2, -0.15) is 20.5 Å². The molecule has 6 rings (SSSR count). The molecule has 0 amide bonds. The maximum absolute atomic E-state index is 6.15. The predicted molar refractivity (Wildman–Crippen MR) is 219 cm³/mol. The molecule has 280 valence electrons. The zero-order valence-corrected chi connectivity index (χ0v) is 33.3. The molecule has 0 spiro atoms. The number of hydrogen-bond donors (Lipinski definition) is 0. The molecule has 0 radical (unpaired) electrons. The SMILES string of the molecule is CCCCCCOc1c(C)cc(N=Nc2cc3c(cc2C)CN2CN3Cc3cc(C)c(N=Nc4cc(C)c(OCCCCCC)c(C)c4)cc32)cc1C. The van der Waals surface area contributed by atoms with Gasteiger partial charge in [0.25, 0.3) is 0 Å². The molecule has 0 aromatic heterocycles. The second-order valence-corrected chi connectivity index (χ2v) is 15.1. The number of nitrogens with zero attached hydrogens (tertiary/aromatic N) is 6. The molecule has 0 N–H and O–H groups in total. The van der Waals surface area contributed by atoms with Gasteiger partial charge in [-0.15, -0.1) is 0 Å². The first kappa shape index (κ1) is 38.0. The molecule has 0 saturated carbocycles. The fourth-order valence-electron chi connectivity index (χ4n) is 7.64. The maximum Gasteiger partial charge on any atom is 0.125 e. The lowest BCUT2D eigenvalue weighted by atomic mass is 9.98. The molecule has 0 saturated heterocycles. The second kappa shape index (κ2) is 17.4. The van der Waals surface area contributed by atoms with Crippen molar-refractivity contribution in [2.45, 2.75) is 120 Å². The van der Waals surface area contributed by atoms with Crippen LogP contribution in [0, 0.1) is 41.5 Å². The molecule has 0 aliphatic carbocycles. The number of rotatable bonds is 16. The molecule has 2 aliphatic rings. The van der Waals surface area contributed by atoms with Crippen LogP contribution in [0.4, 0.5) is 34.1 Å². The summed E-state index contributed by atoms with van der Waals surface area (Å²) in [5.74, 6) is 1.94. The number of benzene rings is 4. The van der Waals surface area contributed by atoms with Gasteiger partial charge in [0.2, 0.25) is 0 Å². The highest BCUT2D eigenvalue weighted by Gasteiger charge is 2.30. The van der Waals surface area contributed by atoms with Crippen LogP contribution in [0.2, 0.25) is 0 Å². The Bertz CT molecular complexity index is 1800. The van der Waals surface area contributed by atoms with Crippen molar-refractivity contribution in [3.63, 3.8) is 0 Å². The van der Waals surface area contributed by atoms with Crippen molar-refractivity contribution in [2.75, 3.05) is 29.7 Å². The zero-order valence-electron chi connectivity index (χ0n) is 33.3. The van der Waals surface area contributed by atoms with Gasteiger partial charge in [0.15, 0.2) is 0 Å². The molecule has 0 atom stereocenters. The quantitative estimate of drug-likeness (QED) is 0.0855. The Kier molecular flexibility index (Phi) is 12.5. The number of fused-ring (bicyclic) bond motifs is 6. The van der Waals surface area contributed by atoms with Crippen molar-refractivity contribution in [3.05, 3.63) is 93.0 Å². The smallest absolute Gasteiger partial charge is 0.125 e. The largest absolute Gasteiger partial charge is 0.493 e. The summed E-state index contributed by atoms with van der Waals surface area (Å²) in [6, 6.07) is 17.3. The van der Waals surface area contributed by atoms with E-state index in [9.17, 15) is 0 Å². The van der Waals surface area contributed by atoms with Crippen molar-refractivity contribution in [1.82, 2.24) is 0 Å². The Morgan fingerprint density at radius 3 is 1.25 bits per heavy atom. The van der Waals surface area contributed by atoms with Crippen LogP contribution >= 0.6 is 0 Å². The Morgan fingerprint density at radius 2 is 0.868 bits per heavy atom. The van der Waals surface area contributed by atoms with Gasteiger partial charge in [-0.05, 0) is 135 Å². The molecule has 4 aromatic carbocycles. The van der Waals surface area contributed by atoms with Crippen LogP contribution in [-0.4, -0.2) is 19.9 Å². The number of azo groups is 2. The molecule has 53 heavy (non-hydrogen) atoms. The van der Waals surface area contributed by atoms with E-state index in [4.69, 9.17) is 29.9 Å². The number of ether oxygens (including phenoxy) is 2. The molecule has 4 aromatic rings. The number of hydrogen-bond acceptors (Lipinski definition) is 8. The van der Waals surface area contributed by atoms with Gasteiger partial charge >= 0.3 is 0 Å². The number of aryl methyl sites for hydroxylation is 6. The third-order valence-electron chi connectivity index (χ3n) is 10.5. The van der Waals surface area contributed by atoms with E-state index in [0.717, 1.165) is 113 Å². The molecular formula is C45H58N6O2. The molecule has 2 heterocycles. The third kappa shape index (κ3) is 9.09. The fourth-order valence-corrected chi connectivity index (χ4v) is 7.64. The first-order valence-corrected chi connectivity index (χ1v) is 19.7. The van der Waals surface area contributed by atoms with Gasteiger partial charge in [-0.3, -0.25) is 0 Å². The van der Waals surface area contributed by atoms with Crippen LogP contribution in [0.1, 0.15) is 110 Å². The van der Waals surface area contributed by atoms with Gasteiger partial charge in [-0.25, -0.2) is 0 Å². The van der Waals surface area contributed by atoms with Crippen LogP contribution in [0.3, 0.4) is 0 Å². The Morgan fingerprint density at radius 1 is 0.472 bits per heavy atom.